The molecule has 0 atom stereocenters. The fourth-order valence-electron chi connectivity index (χ4n) is 2.29. The maximum atomic E-state index is 10.8. The molecule has 22 heavy (non-hydrogen) atoms. The van der Waals surface area contributed by atoms with Crippen molar-refractivity contribution in [3.63, 3.8) is 0 Å². The van der Waals surface area contributed by atoms with Crippen molar-refractivity contribution in [1.82, 2.24) is 29.3 Å². The van der Waals surface area contributed by atoms with Gasteiger partial charge in [0.15, 0.2) is 5.82 Å². The summed E-state index contributed by atoms with van der Waals surface area (Å²) in [6, 6.07) is 0. The predicted octanol–water partition coefficient (Wildman–Crippen LogP) is 1.03. The Morgan fingerprint density at radius 2 is 2.27 bits per heavy atom. The van der Waals surface area contributed by atoms with Gasteiger partial charge in [-0.2, -0.15) is 5.10 Å². The molecule has 114 valence electrons. The average molecular weight is 299 g/mol. The molecule has 0 saturated carbocycles. The molecule has 0 unspecified atom stereocenters. The molecule has 0 spiro atoms. The third kappa shape index (κ3) is 2.76. The fraction of sp³-hybridized carbons (Fsp3) is 0.286. The number of hydrogen-bond donors (Lipinski definition) is 2. The third-order valence-electron chi connectivity index (χ3n) is 3.39. The van der Waals surface area contributed by atoms with Crippen molar-refractivity contribution in [3.8, 4) is 17.2 Å². The summed E-state index contributed by atoms with van der Waals surface area (Å²) in [5, 5.41) is 4.30. The quantitative estimate of drug-likeness (QED) is 0.708. The van der Waals surface area contributed by atoms with Gasteiger partial charge in [0.05, 0.1) is 18.2 Å². The van der Waals surface area contributed by atoms with Crippen molar-refractivity contribution in [2.75, 3.05) is 0 Å². The second-order valence-corrected chi connectivity index (χ2v) is 5.03. The highest BCUT2D eigenvalue weighted by Gasteiger charge is 2.13. The number of aromatic nitrogens is 6. The van der Waals surface area contributed by atoms with E-state index in [1.807, 2.05) is 23.9 Å². The number of nitrogens with zero attached hydrogens (tertiary/aromatic N) is 5. The van der Waals surface area contributed by atoms with Gasteiger partial charge in [-0.15, -0.1) is 0 Å². The van der Waals surface area contributed by atoms with Crippen molar-refractivity contribution >= 4 is 5.91 Å². The normalized spacial score (nSPS) is 11.0. The van der Waals surface area contributed by atoms with Crippen LogP contribution in [0.1, 0.15) is 18.5 Å². The molecule has 8 nitrogen and oxygen atoms in total. The molecule has 3 rings (SSSR count). The Balaban J connectivity index is 1.81. The van der Waals surface area contributed by atoms with Crippen LogP contribution in [0.3, 0.4) is 0 Å². The molecule has 3 heterocycles. The Kier molecular flexibility index (Phi) is 3.73. The lowest BCUT2D eigenvalue weighted by Crippen LogP contribution is -2.11. The van der Waals surface area contributed by atoms with Crippen molar-refractivity contribution < 1.29 is 4.79 Å². The highest BCUT2D eigenvalue weighted by Crippen LogP contribution is 2.21. The van der Waals surface area contributed by atoms with Gasteiger partial charge in [0.1, 0.15) is 5.69 Å². The molecule has 1 amide bonds. The summed E-state index contributed by atoms with van der Waals surface area (Å²) in [4.78, 5) is 22.5. The maximum Gasteiger partial charge on any atom is 0.217 e. The van der Waals surface area contributed by atoms with Crippen LogP contribution in [0.2, 0.25) is 0 Å². The van der Waals surface area contributed by atoms with Gasteiger partial charge in [-0.25, -0.2) is 9.97 Å². The first-order valence-electron chi connectivity index (χ1n) is 7.00. The molecule has 0 aliphatic carbocycles. The number of aromatic amines is 1. The second kappa shape index (κ2) is 5.84. The van der Waals surface area contributed by atoms with E-state index in [0.29, 0.717) is 19.4 Å². The number of primary amides is 1. The van der Waals surface area contributed by atoms with Crippen molar-refractivity contribution in [2.24, 2.45) is 5.73 Å². The minimum Gasteiger partial charge on any atom is -0.370 e. The van der Waals surface area contributed by atoms with Crippen LogP contribution in [-0.2, 0) is 11.3 Å². The standard InChI is InChI=1S/C14H17N7O/c1-10-13(18-9-17-10)14-16-4-6-21(14)11-7-19-20(8-11)5-2-3-12(15)22/h4,6-9H,2-3,5H2,1H3,(H2,15,22)(H,17,18). The van der Waals surface area contributed by atoms with Gasteiger partial charge < -0.3 is 10.7 Å². The number of carbonyl (C=O) groups is 1. The number of hydrogen-bond acceptors (Lipinski definition) is 4. The van der Waals surface area contributed by atoms with E-state index in [2.05, 4.69) is 20.1 Å². The SMILES string of the molecule is Cc1[nH]cnc1-c1nccn1-c1cnn(CCCC(N)=O)c1. The average Bonchev–Trinajstić information content (AvgIpc) is 3.17. The van der Waals surface area contributed by atoms with Gasteiger partial charge >= 0.3 is 0 Å². The van der Waals surface area contributed by atoms with Crippen LogP contribution in [0.5, 0.6) is 0 Å². The minimum absolute atomic E-state index is 0.293. The minimum atomic E-state index is -0.293. The molecular weight excluding hydrogens is 282 g/mol. The number of amides is 1. The molecule has 0 radical (unpaired) electrons. The summed E-state index contributed by atoms with van der Waals surface area (Å²) in [7, 11) is 0. The molecule has 0 fully saturated rings. The van der Waals surface area contributed by atoms with Crippen LogP contribution in [0.4, 0.5) is 0 Å². The number of rotatable bonds is 6. The first-order valence-corrected chi connectivity index (χ1v) is 7.00. The van der Waals surface area contributed by atoms with Crippen LogP contribution in [0.25, 0.3) is 17.2 Å². The largest absolute Gasteiger partial charge is 0.370 e. The van der Waals surface area contributed by atoms with Gasteiger partial charge in [-0.05, 0) is 13.3 Å². The fourth-order valence-corrected chi connectivity index (χ4v) is 2.29. The van der Waals surface area contributed by atoms with Crippen LogP contribution in [0, 0.1) is 6.92 Å². The summed E-state index contributed by atoms with van der Waals surface area (Å²) >= 11 is 0. The summed E-state index contributed by atoms with van der Waals surface area (Å²) in [5.41, 5.74) is 7.80. The number of nitrogens with two attached hydrogens (primary N) is 1. The molecule has 0 aliphatic rings. The van der Waals surface area contributed by atoms with Gasteiger partial charge in [-0.1, -0.05) is 0 Å². The molecule has 0 bridgehead atoms. The summed E-state index contributed by atoms with van der Waals surface area (Å²) in [6.07, 6.45) is 9.95. The number of nitrogens with one attached hydrogen (secondary N) is 1. The van der Waals surface area contributed by atoms with Gasteiger partial charge in [0.25, 0.3) is 0 Å². The maximum absolute atomic E-state index is 10.8. The summed E-state index contributed by atoms with van der Waals surface area (Å²) in [6.45, 7) is 2.60. The molecule has 3 N–H and O–H groups in total. The zero-order valence-corrected chi connectivity index (χ0v) is 12.2. The summed E-state index contributed by atoms with van der Waals surface area (Å²) < 4.78 is 3.72. The smallest absolute Gasteiger partial charge is 0.217 e. The Labute approximate surface area is 127 Å². The van der Waals surface area contributed by atoms with E-state index >= 15 is 0 Å². The lowest BCUT2D eigenvalue weighted by molar-refractivity contribution is -0.118. The molecule has 3 aromatic heterocycles. The zero-order chi connectivity index (χ0) is 15.5. The van der Waals surface area contributed by atoms with Crippen molar-refractivity contribution in [2.45, 2.75) is 26.3 Å². The molecule has 3 aromatic rings. The molecule has 0 saturated heterocycles. The van der Waals surface area contributed by atoms with E-state index in [1.54, 1.807) is 23.4 Å². The number of aryl methyl sites for hydroxylation is 2. The second-order valence-electron chi connectivity index (χ2n) is 5.03. The number of H-pyrrole nitrogens is 1. The van der Waals surface area contributed by atoms with E-state index in [1.165, 1.54) is 0 Å². The molecule has 0 aliphatic heterocycles. The first-order chi connectivity index (χ1) is 10.6. The van der Waals surface area contributed by atoms with Crippen molar-refractivity contribution in [1.29, 1.82) is 0 Å². The van der Waals surface area contributed by atoms with Crippen LogP contribution < -0.4 is 5.73 Å². The topological polar surface area (TPSA) is 107 Å². The Bertz CT molecular complexity index is 783. The Morgan fingerprint density at radius 3 is 3.00 bits per heavy atom. The monoisotopic (exact) mass is 299 g/mol. The zero-order valence-electron chi connectivity index (χ0n) is 12.2. The van der Waals surface area contributed by atoms with E-state index in [0.717, 1.165) is 22.9 Å². The van der Waals surface area contributed by atoms with E-state index in [-0.39, 0.29) is 5.91 Å². The first kappa shape index (κ1) is 14.1. The number of carbonyl (C=O) groups excluding carboxylic acids is 1. The Morgan fingerprint density at radius 1 is 1.41 bits per heavy atom. The molecule has 8 heteroatoms. The molecular formula is C14H17N7O. The van der Waals surface area contributed by atoms with Crippen LogP contribution in [0.15, 0.2) is 31.1 Å². The van der Waals surface area contributed by atoms with Crippen molar-refractivity contribution in [3.05, 3.63) is 36.8 Å². The highest BCUT2D eigenvalue weighted by molar-refractivity contribution is 5.73. The van der Waals surface area contributed by atoms with E-state index in [4.69, 9.17) is 5.73 Å². The predicted molar refractivity (Wildman–Crippen MR) is 80.1 cm³/mol. The number of imidazole rings is 2. The lowest BCUT2D eigenvalue weighted by atomic mass is 10.3. The third-order valence-corrected chi connectivity index (χ3v) is 3.39. The van der Waals surface area contributed by atoms with Gasteiger partial charge in [0, 0.05) is 37.3 Å². The van der Waals surface area contributed by atoms with Gasteiger partial charge in [-0.3, -0.25) is 14.0 Å². The lowest BCUT2D eigenvalue weighted by Gasteiger charge is -2.03. The van der Waals surface area contributed by atoms with E-state index < -0.39 is 0 Å². The highest BCUT2D eigenvalue weighted by atomic mass is 16.1. The van der Waals surface area contributed by atoms with E-state index in [9.17, 15) is 4.79 Å². The van der Waals surface area contributed by atoms with Gasteiger partial charge in [0.2, 0.25) is 5.91 Å². The molecule has 0 aromatic carbocycles. The van der Waals surface area contributed by atoms with Crippen LogP contribution in [-0.4, -0.2) is 35.2 Å². The summed E-state index contributed by atoms with van der Waals surface area (Å²) in [5.74, 6) is 0.466. The van der Waals surface area contributed by atoms with Crippen LogP contribution >= 0.6 is 0 Å². The Hall–Kier alpha value is -2.90.